The van der Waals surface area contributed by atoms with Crippen LogP contribution in [0, 0.1) is 6.92 Å². The SMILES string of the molecule is CCC[C@@H](CCO)Nc1cc(=O)[nH]c(C)n1. The molecule has 5 nitrogen and oxygen atoms in total. The second kappa shape index (κ2) is 6.27. The maximum atomic E-state index is 11.2. The van der Waals surface area contributed by atoms with Gasteiger partial charge >= 0.3 is 0 Å². The summed E-state index contributed by atoms with van der Waals surface area (Å²) >= 11 is 0. The van der Waals surface area contributed by atoms with Crippen LogP contribution in [0.4, 0.5) is 5.82 Å². The van der Waals surface area contributed by atoms with Gasteiger partial charge < -0.3 is 15.4 Å². The van der Waals surface area contributed by atoms with Crippen molar-refractivity contribution in [1.82, 2.24) is 9.97 Å². The predicted octanol–water partition coefficient (Wildman–Crippen LogP) is 1.04. The van der Waals surface area contributed by atoms with E-state index in [4.69, 9.17) is 5.11 Å². The molecule has 1 atom stereocenters. The average Bonchev–Trinajstić information content (AvgIpc) is 2.16. The molecule has 0 aliphatic heterocycles. The first kappa shape index (κ1) is 12.7. The number of rotatable bonds is 6. The third kappa shape index (κ3) is 4.02. The quantitative estimate of drug-likeness (QED) is 0.676. The van der Waals surface area contributed by atoms with Gasteiger partial charge in [-0.15, -0.1) is 0 Å². The number of H-pyrrole nitrogens is 1. The Hall–Kier alpha value is -1.36. The second-order valence-corrected chi connectivity index (χ2v) is 3.86. The number of aliphatic hydroxyl groups is 1. The van der Waals surface area contributed by atoms with Crippen LogP contribution in [0.3, 0.4) is 0 Å². The molecule has 5 heteroatoms. The number of hydrogen-bond acceptors (Lipinski definition) is 4. The highest BCUT2D eigenvalue weighted by molar-refractivity contribution is 5.34. The smallest absolute Gasteiger partial charge is 0.252 e. The molecule has 0 amide bonds. The zero-order valence-corrected chi connectivity index (χ0v) is 9.79. The molecule has 0 saturated heterocycles. The Kier molecular flexibility index (Phi) is 4.98. The van der Waals surface area contributed by atoms with Crippen molar-refractivity contribution in [2.24, 2.45) is 0 Å². The molecule has 0 unspecified atom stereocenters. The second-order valence-electron chi connectivity index (χ2n) is 3.86. The predicted molar refractivity (Wildman–Crippen MR) is 63.6 cm³/mol. The summed E-state index contributed by atoms with van der Waals surface area (Å²) in [6, 6.07) is 1.61. The van der Waals surface area contributed by atoms with Gasteiger partial charge in [-0.25, -0.2) is 4.98 Å². The van der Waals surface area contributed by atoms with Crippen LogP contribution in [0.25, 0.3) is 0 Å². The zero-order chi connectivity index (χ0) is 12.0. The minimum absolute atomic E-state index is 0.139. The molecule has 1 aromatic rings. The Morgan fingerprint density at radius 1 is 1.56 bits per heavy atom. The van der Waals surface area contributed by atoms with E-state index in [0.717, 1.165) is 12.8 Å². The molecule has 1 heterocycles. The summed E-state index contributed by atoms with van der Waals surface area (Å²) in [6.07, 6.45) is 2.65. The van der Waals surface area contributed by atoms with E-state index in [1.165, 1.54) is 6.07 Å². The van der Waals surface area contributed by atoms with Crippen LogP contribution in [0.5, 0.6) is 0 Å². The fraction of sp³-hybridized carbons (Fsp3) is 0.636. The minimum atomic E-state index is -0.158. The van der Waals surface area contributed by atoms with Crippen molar-refractivity contribution in [3.8, 4) is 0 Å². The number of aliphatic hydroxyl groups excluding tert-OH is 1. The highest BCUT2D eigenvalue weighted by Crippen LogP contribution is 2.08. The lowest BCUT2D eigenvalue weighted by atomic mass is 10.1. The molecule has 16 heavy (non-hydrogen) atoms. The highest BCUT2D eigenvalue weighted by Gasteiger charge is 2.08. The molecule has 0 spiro atoms. The number of nitrogens with one attached hydrogen (secondary N) is 2. The van der Waals surface area contributed by atoms with Crippen molar-refractivity contribution >= 4 is 5.82 Å². The molecule has 0 saturated carbocycles. The molecular weight excluding hydrogens is 206 g/mol. The van der Waals surface area contributed by atoms with Gasteiger partial charge in [0.2, 0.25) is 0 Å². The van der Waals surface area contributed by atoms with Crippen LogP contribution >= 0.6 is 0 Å². The Morgan fingerprint density at radius 3 is 2.88 bits per heavy atom. The van der Waals surface area contributed by atoms with Crippen LogP contribution in [0.15, 0.2) is 10.9 Å². The summed E-state index contributed by atoms with van der Waals surface area (Å²) in [7, 11) is 0. The summed E-state index contributed by atoms with van der Waals surface area (Å²) in [5, 5.41) is 12.1. The maximum Gasteiger partial charge on any atom is 0.252 e. The Bertz CT molecular complexity index is 370. The molecule has 0 fully saturated rings. The van der Waals surface area contributed by atoms with Gasteiger partial charge in [-0.2, -0.15) is 0 Å². The normalized spacial score (nSPS) is 12.4. The zero-order valence-electron chi connectivity index (χ0n) is 9.79. The highest BCUT2D eigenvalue weighted by atomic mass is 16.3. The summed E-state index contributed by atoms with van der Waals surface area (Å²) in [6.45, 7) is 3.97. The first-order chi connectivity index (χ1) is 7.65. The van der Waals surface area contributed by atoms with Crippen molar-refractivity contribution in [2.75, 3.05) is 11.9 Å². The van der Waals surface area contributed by atoms with Gasteiger partial charge in [0.1, 0.15) is 11.6 Å². The average molecular weight is 225 g/mol. The minimum Gasteiger partial charge on any atom is -0.396 e. The fourth-order valence-electron chi connectivity index (χ4n) is 1.66. The Labute approximate surface area is 94.9 Å². The number of nitrogens with zero attached hydrogens (tertiary/aromatic N) is 1. The largest absolute Gasteiger partial charge is 0.396 e. The molecule has 0 aromatic carbocycles. The summed E-state index contributed by atoms with van der Waals surface area (Å²) < 4.78 is 0. The van der Waals surface area contributed by atoms with Crippen molar-refractivity contribution in [3.05, 3.63) is 22.2 Å². The molecule has 0 bridgehead atoms. The van der Waals surface area contributed by atoms with E-state index in [1.54, 1.807) is 6.92 Å². The van der Waals surface area contributed by atoms with Crippen LogP contribution < -0.4 is 10.9 Å². The van der Waals surface area contributed by atoms with Crippen LogP contribution in [-0.2, 0) is 0 Å². The van der Waals surface area contributed by atoms with Gasteiger partial charge in [0.25, 0.3) is 5.56 Å². The first-order valence-corrected chi connectivity index (χ1v) is 5.61. The molecule has 0 aliphatic rings. The third-order valence-electron chi connectivity index (χ3n) is 2.33. The Balaban J connectivity index is 2.72. The molecule has 1 rings (SSSR count). The van der Waals surface area contributed by atoms with E-state index in [1.807, 2.05) is 0 Å². The van der Waals surface area contributed by atoms with Gasteiger partial charge in [-0.1, -0.05) is 13.3 Å². The van der Waals surface area contributed by atoms with E-state index in [2.05, 4.69) is 22.2 Å². The molecule has 0 radical (unpaired) electrons. The van der Waals surface area contributed by atoms with E-state index in [0.29, 0.717) is 18.1 Å². The maximum absolute atomic E-state index is 11.2. The van der Waals surface area contributed by atoms with E-state index in [9.17, 15) is 4.79 Å². The van der Waals surface area contributed by atoms with Gasteiger partial charge in [0.15, 0.2) is 0 Å². The lowest BCUT2D eigenvalue weighted by Crippen LogP contribution is -2.23. The molecular formula is C11H19N3O2. The number of aromatic nitrogens is 2. The van der Waals surface area contributed by atoms with Gasteiger partial charge in [-0.3, -0.25) is 4.79 Å². The van der Waals surface area contributed by atoms with Crippen molar-refractivity contribution in [1.29, 1.82) is 0 Å². The third-order valence-corrected chi connectivity index (χ3v) is 2.33. The van der Waals surface area contributed by atoms with E-state index >= 15 is 0 Å². The summed E-state index contributed by atoms with van der Waals surface area (Å²) in [5.41, 5.74) is -0.158. The van der Waals surface area contributed by atoms with Crippen molar-refractivity contribution in [3.63, 3.8) is 0 Å². The van der Waals surface area contributed by atoms with Crippen LogP contribution in [0.2, 0.25) is 0 Å². The van der Waals surface area contributed by atoms with Crippen LogP contribution in [-0.4, -0.2) is 27.7 Å². The van der Waals surface area contributed by atoms with Gasteiger partial charge in [-0.05, 0) is 19.8 Å². The summed E-state index contributed by atoms with van der Waals surface area (Å²) in [4.78, 5) is 18.0. The molecule has 0 aliphatic carbocycles. The summed E-state index contributed by atoms with van der Waals surface area (Å²) in [5.74, 6) is 1.17. The van der Waals surface area contributed by atoms with Gasteiger partial charge in [0, 0.05) is 18.7 Å². The lowest BCUT2D eigenvalue weighted by Gasteiger charge is -2.17. The number of aromatic amines is 1. The van der Waals surface area contributed by atoms with Gasteiger partial charge in [0.05, 0.1) is 0 Å². The van der Waals surface area contributed by atoms with E-state index in [-0.39, 0.29) is 18.2 Å². The lowest BCUT2D eigenvalue weighted by molar-refractivity contribution is 0.276. The first-order valence-electron chi connectivity index (χ1n) is 5.61. The molecule has 3 N–H and O–H groups in total. The fourth-order valence-corrected chi connectivity index (χ4v) is 1.66. The molecule has 90 valence electrons. The number of aryl methyl sites for hydroxylation is 1. The number of hydrogen-bond donors (Lipinski definition) is 3. The van der Waals surface area contributed by atoms with Crippen LogP contribution in [0.1, 0.15) is 32.0 Å². The number of anilines is 1. The standard InChI is InChI=1S/C11H19N3O2/c1-3-4-9(5-6-15)14-10-7-11(16)13-8(2)12-10/h7,9,15H,3-6H2,1-2H3,(H2,12,13,14,16)/t9-/m0/s1. The molecule has 1 aromatic heterocycles. The monoisotopic (exact) mass is 225 g/mol. The van der Waals surface area contributed by atoms with Crippen molar-refractivity contribution < 1.29 is 5.11 Å². The Morgan fingerprint density at radius 2 is 2.31 bits per heavy atom. The topological polar surface area (TPSA) is 78.0 Å². The van der Waals surface area contributed by atoms with Crippen molar-refractivity contribution in [2.45, 2.75) is 39.2 Å². The van der Waals surface area contributed by atoms with E-state index < -0.39 is 0 Å².